The van der Waals surface area contributed by atoms with E-state index in [0.717, 1.165) is 67.8 Å². The monoisotopic (exact) mass is 824 g/mol. The fourth-order valence-corrected chi connectivity index (χ4v) is 8.87. The van der Waals surface area contributed by atoms with Crippen molar-refractivity contribution in [3.8, 4) is 0 Å². The number of hydrogen-bond donors (Lipinski definition) is 1. The molecule has 2 N–H and O–H groups in total. The average Bonchev–Trinajstić information content (AvgIpc) is 3.37. The molecular weight excluding hydrogens is 777 g/mol. The van der Waals surface area contributed by atoms with Crippen molar-refractivity contribution in [2.45, 2.75) is 11.1 Å². The highest BCUT2D eigenvalue weighted by atomic mass is 15.2. The number of anilines is 8. The number of rotatable bonds is 11. The largest absolute Gasteiger partial charge is 0.324 e. The maximum atomic E-state index is 7.16. The molecule has 0 saturated carbocycles. The Morgan fingerprint density at radius 2 is 0.531 bits per heavy atom. The lowest BCUT2D eigenvalue weighted by Crippen LogP contribution is -2.41. The normalized spacial score (nSPS) is 17.6. The first-order chi connectivity index (χ1) is 31.6. The summed E-state index contributed by atoms with van der Waals surface area (Å²) in [4.78, 5) is 6.99. The fraction of sp³-hybridized carbons (Fsp3) is 0.0333. The number of nitrogens with two attached hydrogens (primary N) is 1. The number of benzene rings is 8. The van der Waals surface area contributed by atoms with Gasteiger partial charge in [-0.15, -0.1) is 0 Å². The van der Waals surface area contributed by atoms with Gasteiger partial charge in [-0.05, 0) is 131 Å². The molecule has 0 saturated heterocycles. The molecule has 0 radical (unpaired) electrons. The zero-order valence-corrected chi connectivity index (χ0v) is 35.5. The average molecular weight is 825 g/mol. The predicted molar refractivity (Wildman–Crippen MR) is 268 cm³/mol. The van der Waals surface area contributed by atoms with Crippen LogP contribution in [0.25, 0.3) is 0 Å². The molecule has 8 aromatic carbocycles. The van der Waals surface area contributed by atoms with Gasteiger partial charge >= 0.3 is 0 Å². The number of nitrogens with zero attached hydrogens (tertiary/aromatic N) is 3. The first kappa shape index (κ1) is 39.9. The molecule has 0 bridgehead atoms. The molecule has 0 aromatic heterocycles. The summed E-state index contributed by atoms with van der Waals surface area (Å²) < 4.78 is 0. The van der Waals surface area contributed by atoms with Gasteiger partial charge in [-0.25, -0.2) is 0 Å². The van der Waals surface area contributed by atoms with Crippen LogP contribution in [0.4, 0.5) is 45.5 Å². The zero-order chi connectivity index (χ0) is 43.2. The molecule has 0 unspecified atom stereocenters. The minimum absolute atomic E-state index is 0.662. The van der Waals surface area contributed by atoms with E-state index in [-0.39, 0.29) is 0 Å². The fourth-order valence-electron chi connectivity index (χ4n) is 8.87. The molecule has 308 valence electrons. The van der Waals surface area contributed by atoms with Crippen LogP contribution in [-0.4, -0.2) is 0 Å². The van der Waals surface area contributed by atoms with Gasteiger partial charge in [0.1, 0.15) is 5.54 Å². The lowest BCUT2D eigenvalue weighted by Gasteiger charge is -2.44. The van der Waals surface area contributed by atoms with Crippen LogP contribution in [0.15, 0.2) is 290 Å². The molecule has 10 rings (SSSR count). The van der Waals surface area contributed by atoms with Gasteiger partial charge in [-0.3, -0.25) is 0 Å². The molecule has 0 amide bonds. The summed E-state index contributed by atoms with van der Waals surface area (Å²) in [5.74, 6) is 0. The molecule has 2 aliphatic rings. The van der Waals surface area contributed by atoms with Crippen molar-refractivity contribution in [3.63, 3.8) is 0 Å². The molecule has 0 fully saturated rings. The highest BCUT2D eigenvalue weighted by Crippen LogP contribution is 2.46. The van der Waals surface area contributed by atoms with Crippen molar-refractivity contribution >= 4 is 45.5 Å². The van der Waals surface area contributed by atoms with Gasteiger partial charge in [-0.2, -0.15) is 0 Å². The first-order valence-corrected chi connectivity index (χ1v) is 21.8. The van der Waals surface area contributed by atoms with Crippen LogP contribution in [0.1, 0.15) is 11.1 Å². The highest BCUT2D eigenvalue weighted by molar-refractivity contribution is 5.79. The summed E-state index contributed by atoms with van der Waals surface area (Å²) in [6, 6.07) is 80.9. The Bertz CT molecular complexity index is 2810. The summed E-state index contributed by atoms with van der Waals surface area (Å²) in [6.45, 7) is 0. The van der Waals surface area contributed by atoms with Crippen molar-refractivity contribution in [3.05, 3.63) is 301 Å². The van der Waals surface area contributed by atoms with Crippen LogP contribution < -0.4 is 20.4 Å². The van der Waals surface area contributed by atoms with Gasteiger partial charge in [0, 0.05) is 45.5 Å². The van der Waals surface area contributed by atoms with E-state index in [2.05, 4.69) is 282 Å². The molecule has 4 nitrogen and oxygen atoms in total. The van der Waals surface area contributed by atoms with Gasteiger partial charge in [0.25, 0.3) is 0 Å². The Labute approximate surface area is 376 Å². The van der Waals surface area contributed by atoms with Crippen molar-refractivity contribution in [1.29, 1.82) is 0 Å². The highest BCUT2D eigenvalue weighted by Gasteiger charge is 2.37. The number of hydrogen-bond acceptors (Lipinski definition) is 4. The SMILES string of the molecule is NC1(c2ccc(N(c3ccccc3)c3ccccc3)cc2)C=CC(=C2C=CC(c3ccc(N(c4ccccc4)c4ccccc4)cc3)(N(c3ccccc3)c3ccccc3)C=C2)C=C1. The van der Waals surface area contributed by atoms with Gasteiger partial charge in [0.05, 0.1) is 5.54 Å². The lowest BCUT2D eigenvalue weighted by atomic mass is 9.80. The molecule has 0 heterocycles. The van der Waals surface area contributed by atoms with Crippen LogP contribution in [-0.2, 0) is 11.1 Å². The number of para-hydroxylation sites is 6. The maximum Gasteiger partial charge on any atom is 0.108 e. The summed E-state index contributed by atoms with van der Waals surface area (Å²) in [6.07, 6.45) is 17.8. The van der Waals surface area contributed by atoms with E-state index in [1.54, 1.807) is 0 Å². The molecule has 4 heteroatoms. The van der Waals surface area contributed by atoms with E-state index in [4.69, 9.17) is 5.73 Å². The first-order valence-electron chi connectivity index (χ1n) is 21.8. The second kappa shape index (κ2) is 17.7. The Kier molecular flexibility index (Phi) is 11.0. The van der Waals surface area contributed by atoms with Crippen molar-refractivity contribution in [1.82, 2.24) is 0 Å². The van der Waals surface area contributed by atoms with E-state index in [9.17, 15) is 0 Å². The van der Waals surface area contributed by atoms with Crippen LogP contribution in [0.5, 0.6) is 0 Å². The van der Waals surface area contributed by atoms with E-state index >= 15 is 0 Å². The molecule has 0 atom stereocenters. The van der Waals surface area contributed by atoms with E-state index in [1.807, 2.05) is 12.1 Å². The summed E-state index contributed by atoms with van der Waals surface area (Å²) in [5, 5.41) is 0. The van der Waals surface area contributed by atoms with Gasteiger partial charge in [0.15, 0.2) is 0 Å². The van der Waals surface area contributed by atoms with Crippen molar-refractivity contribution in [2.24, 2.45) is 5.73 Å². The van der Waals surface area contributed by atoms with Crippen molar-refractivity contribution in [2.75, 3.05) is 14.7 Å². The van der Waals surface area contributed by atoms with Crippen LogP contribution >= 0.6 is 0 Å². The third-order valence-corrected chi connectivity index (χ3v) is 12.1. The molecule has 8 aromatic rings. The van der Waals surface area contributed by atoms with Crippen LogP contribution in [0.3, 0.4) is 0 Å². The lowest BCUT2D eigenvalue weighted by molar-refractivity contribution is 0.674. The van der Waals surface area contributed by atoms with Gasteiger partial charge in [0.2, 0.25) is 0 Å². The molecule has 0 aliphatic heterocycles. The van der Waals surface area contributed by atoms with E-state index < -0.39 is 11.1 Å². The summed E-state index contributed by atoms with van der Waals surface area (Å²) >= 11 is 0. The Hall–Kier alpha value is -8.18. The zero-order valence-electron chi connectivity index (χ0n) is 35.5. The van der Waals surface area contributed by atoms with Crippen LogP contribution in [0.2, 0.25) is 0 Å². The van der Waals surface area contributed by atoms with E-state index in [1.165, 1.54) is 0 Å². The second-order valence-corrected chi connectivity index (χ2v) is 16.1. The number of allylic oxidation sites excluding steroid dienone is 6. The Morgan fingerprint density at radius 1 is 0.266 bits per heavy atom. The third-order valence-electron chi connectivity index (χ3n) is 12.1. The van der Waals surface area contributed by atoms with Crippen molar-refractivity contribution < 1.29 is 0 Å². The smallest absolute Gasteiger partial charge is 0.108 e. The minimum Gasteiger partial charge on any atom is -0.324 e. The Morgan fingerprint density at radius 3 is 0.859 bits per heavy atom. The maximum absolute atomic E-state index is 7.16. The quantitative estimate of drug-likeness (QED) is 0.141. The standard InChI is InChI=1S/C60H48N4/c61-59(49-31-35-55(36-32-49)62(51-19-7-1-8-20-51)52-21-9-2-10-22-52)43-39-47(40-44-59)48-41-45-60(46-42-48,64(57-27-15-5-16-28-57)58-29-17-6-18-30-58)50-33-37-56(38-34-50)63(53-23-11-3-12-24-53)54-25-13-4-14-26-54/h1-46H,61H2. The Balaban J connectivity index is 0.992. The van der Waals surface area contributed by atoms with Crippen LogP contribution in [0, 0.1) is 0 Å². The molecular formula is C60H48N4. The minimum atomic E-state index is -0.759. The van der Waals surface area contributed by atoms with Gasteiger partial charge in [-0.1, -0.05) is 170 Å². The van der Waals surface area contributed by atoms with Gasteiger partial charge < -0.3 is 20.4 Å². The topological polar surface area (TPSA) is 35.7 Å². The predicted octanol–water partition coefficient (Wildman–Crippen LogP) is 15.1. The summed E-state index contributed by atoms with van der Waals surface area (Å²) in [7, 11) is 0. The molecule has 2 aliphatic carbocycles. The summed E-state index contributed by atoms with van der Waals surface area (Å²) in [5.41, 5.74) is 18.8. The molecule has 64 heavy (non-hydrogen) atoms. The second-order valence-electron chi connectivity index (χ2n) is 16.1. The van der Waals surface area contributed by atoms with E-state index in [0.29, 0.717) is 0 Å². The molecule has 0 spiro atoms. The third kappa shape index (κ3) is 7.91.